The molecule has 3 rings (SSSR count). The fourth-order valence-corrected chi connectivity index (χ4v) is 2.97. The van der Waals surface area contributed by atoms with Crippen LogP contribution in [0.1, 0.15) is 23.2 Å². The minimum Gasteiger partial charge on any atom is -0.339 e. The van der Waals surface area contributed by atoms with Crippen molar-refractivity contribution >= 4 is 17.5 Å². The molecule has 1 saturated heterocycles. The van der Waals surface area contributed by atoms with Crippen LogP contribution in [-0.2, 0) is 4.79 Å². The van der Waals surface area contributed by atoms with Crippen LogP contribution in [-0.4, -0.2) is 29.8 Å². The number of piperidine rings is 1. The molecule has 0 radical (unpaired) electrons. The number of hydrogen-bond donors (Lipinski definition) is 1. The zero-order valence-corrected chi connectivity index (χ0v) is 13.8. The number of amides is 2. The van der Waals surface area contributed by atoms with Gasteiger partial charge in [0.1, 0.15) is 5.82 Å². The Bertz CT molecular complexity index is 833. The van der Waals surface area contributed by atoms with E-state index in [0.717, 1.165) is 12.1 Å². The molecule has 0 aromatic heterocycles. The first-order valence-corrected chi connectivity index (χ1v) is 8.25. The molecule has 0 spiro atoms. The van der Waals surface area contributed by atoms with Gasteiger partial charge in [-0.25, -0.2) is 13.2 Å². The Hall–Kier alpha value is -2.83. The van der Waals surface area contributed by atoms with Crippen molar-refractivity contribution in [2.24, 2.45) is 5.92 Å². The lowest BCUT2D eigenvalue weighted by Gasteiger charge is -2.31. The van der Waals surface area contributed by atoms with Crippen molar-refractivity contribution in [2.75, 3.05) is 18.4 Å². The summed E-state index contributed by atoms with van der Waals surface area (Å²) in [6.07, 6.45) is 0.882. The van der Waals surface area contributed by atoms with Crippen LogP contribution in [0.5, 0.6) is 0 Å². The Kier molecular flexibility index (Phi) is 5.25. The van der Waals surface area contributed by atoms with Crippen molar-refractivity contribution < 1.29 is 22.8 Å². The van der Waals surface area contributed by atoms with Crippen molar-refractivity contribution in [3.05, 3.63) is 65.5 Å². The van der Waals surface area contributed by atoms with E-state index in [4.69, 9.17) is 0 Å². The molecule has 2 aromatic rings. The molecule has 0 bridgehead atoms. The molecule has 0 unspecified atom stereocenters. The standard InChI is InChI=1S/C19H17F3N2O2/c20-14-2-1-3-15(11-14)23-18(25)12-6-8-24(9-7-12)19(26)13-4-5-16(21)17(22)10-13/h1-5,10-12H,6-9H2,(H,23,25). The summed E-state index contributed by atoms with van der Waals surface area (Å²) in [6.45, 7) is 0.665. The summed E-state index contributed by atoms with van der Waals surface area (Å²) in [6, 6.07) is 8.67. The van der Waals surface area contributed by atoms with Crippen LogP contribution in [0.2, 0.25) is 0 Å². The number of halogens is 3. The number of benzene rings is 2. The lowest BCUT2D eigenvalue weighted by Crippen LogP contribution is -2.41. The van der Waals surface area contributed by atoms with Gasteiger partial charge in [-0.05, 0) is 49.2 Å². The first-order chi connectivity index (χ1) is 12.4. The van der Waals surface area contributed by atoms with Gasteiger partial charge in [-0.1, -0.05) is 6.07 Å². The Balaban J connectivity index is 1.57. The van der Waals surface area contributed by atoms with Gasteiger partial charge >= 0.3 is 0 Å². The molecule has 7 heteroatoms. The molecule has 1 fully saturated rings. The van der Waals surface area contributed by atoms with Crippen molar-refractivity contribution in [1.29, 1.82) is 0 Å². The highest BCUT2D eigenvalue weighted by molar-refractivity contribution is 5.95. The fraction of sp³-hybridized carbons (Fsp3) is 0.263. The quantitative estimate of drug-likeness (QED) is 0.907. The number of hydrogen-bond acceptors (Lipinski definition) is 2. The molecule has 2 aromatic carbocycles. The van der Waals surface area contributed by atoms with Gasteiger partial charge in [0.15, 0.2) is 11.6 Å². The van der Waals surface area contributed by atoms with Crippen LogP contribution in [0.15, 0.2) is 42.5 Å². The zero-order valence-electron chi connectivity index (χ0n) is 13.8. The van der Waals surface area contributed by atoms with Crippen LogP contribution in [0.4, 0.5) is 18.9 Å². The van der Waals surface area contributed by atoms with Crippen LogP contribution in [0.25, 0.3) is 0 Å². The SMILES string of the molecule is O=C(Nc1cccc(F)c1)C1CCN(C(=O)c2ccc(F)c(F)c2)CC1. The normalized spacial score (nSPS) is 15.0. The molecule has 1 aliphatic heterocycles. The average molecular weight is 362 g/mol. The first-order valence-electron chi connectivity index (χ1n) is 8.25. The molecule has 4 nitrogen and oxygen atoms in total. The molecule has 0 atom stereocenters. The first kappa shape index (κ1) is 18.0. The smallest absolute Gasteiger partial charge is 0.253 e. The van der Waals surface area contributed by atoms with Crippen molar-refractivity contribution in [2.45, 2.75) is 12.8 Å². The summed E-state index contributed by atoms with van der Waals surface area (Å²) >= 11 is 0. The van der Waals surface area contributed by atoms with Gasteiger partial charge in [-0.3, -0.25) is 9.59 Å². The van der Waals surface area contributed by atoms with Gasteiger partial charge in [0.05, 0.1) is 0 Å². The molecular formula is C19H17F3N2O2. The molecule has 2 amide bonds. The number of carbonyl (C=O) groups excluding carboxylic acids is 2. The van der Waals surface area contributed by atoms with E-state index < -0.39 is 23.4 Å². The van der Waals surface area contributed by atoms with Gasteiger partial charge in [0.25, 0.3) is 5.91 Å². The third kappa shape index (κ3) is 4.04. The maximum Gasteiger partial charge on any atom is 0.253 e. The second kappa shape index (κ2) is 7.59. The Morgan fingerprint density at radius 2 is 1.69 bits per heavy atom. The maximum absolute atomic E-state index is 13.3. The zero-order chi connectivity index (χ0) is 18.7. The lowest BCUT2D eigenvalue weighted by molar-refractivity contribution is -0.121. The van der Waals surface area contributed by atoms with E-state index in [9.17, 15) is 22.8 Å². The average Bonchev–Trinajstić information content (AvgIpc) is 2.63. The van der Waals surface area contributed by atoms with Crippen LogP contribution < -0.4 is 5.32 Å². The third-order valence-corrected chi connectivity index (χ3v) is 4.41. The minimum absolute atomic E-state index is 0.0755. The van der Waals surface area contributed by atoms with Gasteiger partial charge < -0.3 is 10.2 Å². The number of carbonyl (C=O) groups is 2. The van der Waals surface area contributed by atoms with Crippen molar-refractivity contribution in [3.8, 4) is 0 Å². The molecule has 1 aliphatic rings. The van der Waals surface area contributed by atoms with Gasteiger partial charge in [0, 0.05) is 30.3 Å². The summed E-state index contributed by atoms with van der Waals surface area (Å²) < 4.78 is 39.4. The van der Waals surface area contributed by atoms with E-state index in [1.165, 1.54) is 29.2 Å². The summed E-state index contributed by atoms with van der Waals surface area (Å²) in [4.78, 5) is 26.2. The maximum atomic E-state index is 13.3. The van der Waals surface area contributed by atoms with Gasteiger partial charge in [-0.2, -0.15) is 0 Å². The Labute approximate surface area is 148 Å². The number of nitrogens with zero attached hydrogens (tertiary/aromatic N) is 1. The molecule has 1 N–H and O–H groups in total. The summed E-state index contributed by atoms with van der Waals surface area (Å²) in [5.74, 6) is -3.43. The van der Waals surface area contributed by atoms with E-state index in [-0.39, 0.29) is 17.4 Å². The van der Waals surface area contributed by atoms with E-state index in [0.29, 0.717) is 31.6 Å². The van der Waals surface area contributed by atoms with E-state index >= 15 is 0 Å². The summed E-state index contributed by atoms with van der Waals surface area (Å²) in [5, 5.41) is 2.67. The van der Waals surface area contributed by atoms with Crippen LogP contribution in [0, 0.1) is 23.4 Å². The predicted molar refractivity (Wildman–Crippen MR) is 90.0 cm³/mol. The third-order valence-electron chi connectivity index (χ3n) is 4.41. The number of anilines is 1. The van der Waals surface area contributed by atoms with Gasteiger partial charge in [0.2, 0.25) is 5.91 Å². The van der Waals surface area contributed by atoms with E-state index in [2.05, 4.69) is 5.32 Å². The predicted octanol–water partition coefficient (Wildman–Crippen LogP) is 3.59. The Morgan fingerprint density at radius 3 is 2.35 bits per heavy atom. The van der Waals surface area contributed by atoms with Gasteiger partial charge in [-0.15, -0.1) is 0 Å². The molecule has 0 saturated carbocycles. The van der Waals surface area contributed by atoms with Crippen molar-refractivity contribution in [1.82, 2.24) is 4.90 Å². The monoisotopic (exact) mass is 362 g/mol. The number of likely N-dealkylation sites (tertiary alicyclic amines) is 1. The molecule has 26 heavy (non-hydrogen) atoms. The molecule has 1 heterocycles. The number of nitrogens with one attached hydrogen (secondary N) is 1. The molecular weight excluding hydrogens is 345 g/mol. The molecule has 136 valence electrons. The Morgan fingerprint density at radius 1 is 0.962 bits per heavy atom. The minimum atomic E-state index is -1.07. The largest absolute Gasteiger partial charge is 0.339 e. The highest BCUT2D eigenvalue weighted by atomic mass is 19.2. The van der Waals surface area contributed by atoms with E-state index in [1.807, 2.05) is 0 Å². The summed E-state index contributed by atoms with van der Waals surface area (Å²) in [7, 11) is 0. The topological polar surface area (TPSA) is 49.4 Å². The summed E-state index contributed by atoms with van der Waals surface area (Å²) in [5.41, 5.74) is 0.460. The van der Waals surface area contributed by atoms with Crippen LogP contribution in [0.3, 0.4) is 0 Å². The van der Waals surface area contributed by atoms with Crippen LogP contribution >= 0.6 is 0 Å². The highest BCUT2D eigenvalue weighted by Gasteiger charge is 2.28. The second-order valence-electron chi connectivity index (χ2n) is 6.19. The second-order valence-corrected chi connectivity index (χ2v) is 6.19. The highest BCUT2D eigenvalue weighted by Crippen LogP contribution is 2.22. The molecule has 0 aliphatic carbocycles. The lowest BCUT2D eigenvalue weighted by atomic mass is 9.95. The van der Waals surface area contributed by atoms with Crippen molar-refractivity contribution in [3.63, 3.8) is 0 Å². The fourth-order valence-electron chi connectivity index (χ4n) is 2.97. The van der Waals surface area contributed by atoms with E-state index in [1.54, 1.807) is 6.07 Å². The number of rotatable bonds is 3.